The van der Waals surface area contributed by atoms with Crippen molar-refractivity contribution in [2.24, 2.45) is 0 Å². The number of hydrogen-bond donors (Lipinski definition) is 1. The Hall–Kier alpha value is -3.19. The second-order valence-electron chi connectivity index (χ2n) is 5.82. The van der Waals surface area contributed by atoms with Crippen molar-refractivity contribution < 1.29 is 4.79 Å². The molecule has 4 heteroatoms. The molecule has 0 bridgehead atoms. The Morgan fingerprint density at radius 3 is 2.58 bits per heavy atom. The highest BCUT2D eigenvalue weighted by Gasteiger charge is 2.12. The van der Waals surface area contributed by atoms with Crippen LogP contribution >= 0.6 is 0 Å². The number of nitrogens with zero attached hydrogens (tertiary/aromatic N) is 2. The number of fused-ring (bicyclic) bond motifs is 1. The molecule has 0 saturated heterocycles. The molecule has 0 unspecified atom stereocenters. The van der Waals surface area contributed by atoms with Gasteiger partial charge in [0.1, 0.15) is 0 Å². The third kappa shape index (κ3) is 3.26. The van der Waals surface area contributed by atoms with E-state index in [1.807, 2.05) is 50.2 Å². The number of aromatic nitrogens is 1. The summed E-state index contributed by atoms with van der Waals surface area (Å²) in [5.74, 6) is -0.125. The lowest BCUT2D eigenvalue weighted by Gasteiger charge is -2.10. The molecule has 118 valence electrons. The number of rotatable bonds is 3. The molecule has 3 rings (SSSR count). The zero-order valence-electron chi connectivity index (χ0n) is 13.6. The first kappa shape index (κ1) is 15.7. The molecular weight excluding hydrogens is 298 g/mol. The molecule has 0 spiro atoms. The van der Waals surface area contributed by atoms with Crippen LogP contribution < -0.4 is 5.32 Å². The second-order valence-corrected chi connectivity index (χ2v) is 5.82. The second kappa shape index (κ2) is 6.51. The Balaban J connectivity index is 1.85. The fourth-order valence-corrected chi connectivity index (χ4v) is 2.63. The molecule has 0 radical (unpaired) electrons. The predicted molar refractivity (Wildman–Crippen MR) is 93.5 cm³/mol. The molecule has 0 aliphatic heterocycles. The van der Waals surface area contributed by atoms with E-state index in [2.05, 4.69) is 16.4 Å². The zero-order valence-corrected chi connectivity index (χ0v) is 13.6. The summed E-state index contributed by atoms with van der Waals surface area (Å²) >= 11 is 0. The number of nitriles is 1. The fraction of sp³-hybridized carbons (Fsp3) is 0.150. The molecule has 1 heterocycles. The van der Waals surface area contributed by atoms with Gasteiger partial charge in [0, 0.05) is 17.6 Å². The summed E-state index contributed by atoms with van der Waals surface area (Å²) in [6, 6.07) is 17.0. The van der Waals surface area contributed by atoms with Gasteiger partial charge >= 0.3 is 0 Å². The lowest BCUT2D eigenvalue weighted by atomic mass is 10.0. The summed E-state index contributed by atoms with van der Waals surface area (Å²) in [7, 11) is 0. The smallest absolute Gasteiger partial charge is 0.252 e. The molecule has 0 aliphatic carbocycles. The van der Waals surface area contributed by atoms with Crippen LogP contribution in [0.3, 0.4) is 0 Å². The topological polar surface area (TPSA) is 65.8 Å². The van der Waals surface area contributed by atoms with Crippen molar-refractivity contribution in [3.8, 4) is 6.07 Å². The van der Waals surface area contributed by atoms with Crippen molar-refractivity contribution in [1.82, 2.24) is 10.3 Å². The fourth-order valence-electron chi connectivity index (χ4n) is 2.63. The quantitative estimate of drug-likeness (QED) is 0.802. The van der Waals surface area contributed by atoms with E-state index < -0.39 is 0 Å². The number of aryl methyl sites for hydroxylation is 2. The maximum absolute atomic E-state index is 12.6. The Bertz CT molecular complexity index is 953. The maximum Gasteiger partial charge on any atom is 0.252 e. The molecule has 1 aromatic heterocycles. The van der Waals surface area contributed by atoms with Crippen LogP contribution in [0.15, 0.2) is 48.5 Å². The Morgan fingerprint density at radius 2 is 1.88 bits per heavy atom. The molecule has 0 saturated carbocycles. The summed E-state index contributed by atoms with van der Waals surface area (Å²) in [4.78, 5) is 17.1. The zero-order chi connectivity index (χ0) is 17.1. The normalized spacial score (nSPS) is 10.4. The minimum atomic E-state index is -0.125. The minimum absolute atomic E-state index is 0.125. The molecule has 0 aliphatic rings. The average Bonchev–Trinajstić information content (AvgIpc) is 2.59. The summed E-state index contributed by atoms with van der Waals surface area (Å²) in [6.45, 7) is 4.30. The minimum Gasteiger partial charge on any atom is -0.348 e. The van der Waals surface area contributed by atoms with Gasteiger partial charge in [-0.3, -0.25) is 9.78 Å². The van der Waals surface area contributed by atoms with Gasteiger partial charge < -0.3 is 5.32 Å². The van der Waals surface area contributed by atoms with Crippen LogP contribution in [0.1, 0.15) is 32.7 Å². The van der Waals surface area contributed by atoms with Crippen LogP contribution in [0.2, 0.25) is 0 Å². The van der Waals surface area contributed by atoms with Gasteiger partial charge in [-0.2, -0.15) is 5.26 Å². The number of carbonyl (C=O) groups is 1. The molecule has 3 aromatic rings. The maximum atomic E-state index is 12.6. The molecule has 2 aromatic carbocycles. The number of carbonyl (C=O) groups excluding carboxylic acids is 1. The van der Waals surface area contributed by atoms with E-state index in [1.54, 1.807) is 12.1 Å². The Morgan fingerprint density at radius 1 is 1.12 bits per heavy atom. The first-order chi connectivity index (χ1) is 11.6. The summed E-state index contributed by atoms with van der Waals surface area (Å²) in [5.41, 5.74) is 4.92. The van der Waals surface area contributed by atoms with Crippen molar-refractivity contribution in [2.75, 3.05) is 0 Å². The van der Waals surface area contributed by atoms with Crippen LogP contribution in [0, 0.1) is 25.2 Å². The standard InChI is InChI=1S/C20H17N3O/c1-13-3-8-19-17(9-13)18(10-14(2)23-19)20(24)22-12-16-6-4-15(11-21)5-7-16/h3-10H,12H2,1-2H3,(H,22,24). The highest BCUT2D eigenvalue weighted by molar-refractivity contribution is 6.06. The molecule has 1 N–H and O–H groups in total. The van der Waals surface area contributed by atoms with E-state index in [-0.39, 0.29) is 5.91 Å². The number of hydrogen-bond acceptors (Lipinski definition) is 3. The van der Waals surface area contributed by atoms with E-state index in [9.17, 15) is 4.79 Å². The SMILES string of the molecule is Cc1ccc2nc(C)cc(C(=O)NCc3ccc(C#N)cc3)c2c1. The summed E-state index contributed by atoms with van der Waals surface area (Å²) in [5, 5.41) is 12.6. The van der Waals surface area contributed by atoms with Crippen LogP contribution in [0.5, 0.6) is 0 Å². The number of pyridine rings is 1. The van der Waals surface area contributed by atoms with Gasteiger partial charge in [-0.05, 0) is 49.7 Å². The largest absolute Gasteiger partial charge is 0.348 e. The highest BCUT2D eigenvalue weighted by atomic mass is 16.1. The first-order valence-electron chi connectivity index (χ1n) is 7.72. The van der Waals surface area contributed by atoms with Gasteiger partial charge in [0.05, 0.1) is 22.7 Å². The highest BCUT2D eigenvalue weighted by Crippen LogP contribution is 2.20. The molecule has 4 nitrogen and oxygen atoms in total. The number of nitrogens with one attached hydrogen (secondary N) is 1. The summed E-state index contributed by atoms with van der Waals surface area (Å²) in [6.07, 6.45) is 0. The van der Waals surface area contributed by atoms with E-state index in [0.29, 0.717) is 17.7 Å². The van der Waals surface area contributed by atoms with Crippen LogP contribution in [0.4, 0.5) is 0 Å². The van der Waals surface area contributed by atoms with Gasteiger partial charge in [0.25, 0.3) is 5.91 Å². The average molecular weight is 315 g/mol. The third-order valence-corrected chi connectivity index (χ3v) is 3.87. The van der Waals surface area contributed by atoms with Crippen LogP contribution in [-0.2, 0) is 6.54 Å². The van der Waals surface area contributed by atoms with Crippen LogP contribution in [0.25, 0.3) is 10.9 Å². The van der Waals surface area contributed by atoms with Crippen LogP contribution in [-0.4, -0.2) is 10.9 Å². The van der Waals surface area contributed by atoms with E-state index in [0.717, 1.165) is 27.7 Å². The number of amides is 1. The lowest BCUT2D eigenvalue weighted by molar-refractivity contribution is 0.0952. The van der Waals surface area contributed by atoms with E-state index in [1.165, 1.54) is 0 Å². The van der Waals surface area contributed by atoms with Crippen molar-refractivity contribution in [3.05, 3.63) is 76.5 Å². The van der Waals surface area contributed by atoms with Crippen molar-refractivity contribution in [1.29, 1.82) is 5.26 Å². The molecular formula is C20H17N3O. The monoisotopic (exact) mass is 315 g/mol. The van der Waals surface area contributed by atoms with Crippen molar-refractivity contribution in [2.45, 2.75) is 20.4 Å². The lowest BCUT2D eigenvalue weighted by Crippen LogP contribution is -2.23. The molecule has 0 atom stereocenters. The van der Waals surface area contributed by atoms with Gasteiger partial charge in [-0.15, -0.1) is 0 Å². The first-order valence-corrected chi connectivity index (χ1v) is 7.72. The third-order valence-electron chi connectivity index (χ3n) is 3.87. The molecule has 24 heavy (non-hydrogen) atoms. The van der Waals surface area contributed by atoms with Gasteiger partial charge in [-0.25, -0.2) is 0 Å². The predicted octanol–water partition coefficient (Wildman–Crippen LogP) is 3.65. The van der Waals surface area contributed by atoms with E-state index in [4.69, 9.17) is 5.26 Å². The summed E-state index contributed by atoms with van der Waals surface area (Å²) < 4.78 is 0. The molecule has 0 fully saturated rings. The Labute approximate surface area is 140 Å². The van der Waals surface area contributed by atoms with E-state index >= 15 is 0 Å². The van der Waals surface area contributed by atoms with Gasteiger partial charge in [0.15, 0.2) is 0 Å². The van der Waals surface area contributed by atoms with Crippen molar-refractivity contribution in [3.63, 3.8) is 0 Å². The number of benzene rings is 2. The van der Waals surface area contributed by atoms with Gasteiger partial charge in [0.2, 0.25) is 0 Å². The Kier molecular flexibility index (Phi) is 4.26. The molecule has 1 amide bonds. The van der Waals surface area contributed by atoms with Crippen molar-refractivity contribution >= 4 is 16.8 Å². The van der Waals surface area contributed by atoms with Gasteiger partial charge in [-0.1, -0.05) is 23.8 Å².